The molecule has 0 saturated heterocycles. The lowest BCUT2D eigenvalue weighted by molar-refractivity contribution is -0.131. The van der Waals surface area contributed by atoms with E-state index in [9.17, 15) is 24.3 Å². The molecule has 0 saturated carbocycles. The highest BCUT2D eigenvalue weighted by molar-refractivity contribution is 7.09. The van der Waals surface area contributed by atoms with Gasteiger partial charge in [0.15, 0.2) is 0 Å². The van der Waals surface area contributed by atoms with E-state index >= 15 is 0 Å². The highest BCUT2D eigenvalue weighted by atomic mass is 32.1. The van der Waals surface area contributed by atoms with Gasteiger partial charge in [0.1, 0.15) is 12.1 Å². The second-order valence-corrected chi connectivity index (χ2v) is 11.6. The van der Waals surface area contributed by atoms with Crippen LogP contribution in [0, 0.1) is 11.8 Å². The number of aliphatic hydroxyl groups is 1. The monoisotopic (exact) mass is 605 g/mol. The predicted octanol–water partition coefficient (Wildman–Crippen LogP) is 2.43. The molecule has 0 aliphatic carbocycles. The summed E-state index contributed by atoms with van der Waals surface area (Å²) in [7, 11) is 2.43. The number of hydrogen-bond acceptors (Lipinski definition) is 9. The van der Waals surface area contributed by atoms with Crippen molar-refractivity contribution in [3.8, 4) is 0 Å². The zero-order chi connectivity index (χ0) is 31.2. The topological polar surface area (TPSA) is 158 Å². The molecule has 0 aliphatic rings. The summed E-state index contributed by atoms with van der Waals surface area (Å²) in [4.78, 5) is 51.3. The maximum atomic E-state index is 13.3. The number of nitrogens with one attached hydrogen (secondary N) is 4. The van der Waals surface area contributed by atoms with Crippen LogP contribution in [0.3, 0.4) is 0 Å². The Morgan fingerprint density at radius 1 is 0.833 bits per heavy atom. The second kappa shape index (κ2) is 17.3. The van der Waals surface area contributed by atoms with Crippen molar-refractivity contribution < 1.29 is 33.8 Å². The molecule has 12 nitrogen and oxygen atoms in total. The quantitative estimate of drug-likeness (QED) is 0.194. The predicted molar refractivity (Wildman–Crippen MR) is 159 cm³/mol. The van der Waals surface area contributed by atoms with Crippen molar-refractivity contribution >= 4 is 35.3 Å². The number of thiophene rings is 1. The Hall–Kier alpha value is -3.68. The van der Waals surface area contributed by atoms with Crippen LogP contribution in [0.5, 0.6) is 0 Å². The van der Waals surface area contributed by atoms with Gasteiger partial charge >= 0.3 is 12.2 Å². The third-order valence-electron chi connectivity index (χ3n) is 6.51. The molecule has 4 amide bonds. The first-order valence-electron chi connectivity index (χ1n) is 13.7. The molecule has 0 radical (unpaired) electrons. The summed E-state index contributed by atoms with van der Waals surface area (Å²) in [5.74, 6) is -1.47. The molecule has 232 valence electrons. The zero-order valence-electron chi connectivity index (χ0n) is 25.0. The Bertz CT molecular complexity index is 1130. The molecular formula is C29H43N5O7S. The summed E-state index contributed by atoms with van der Waals surface area (Å²) in [6.07, 6.45) is -2.34. The van der Waals surface area contributed by atoms with E-state index in [4.69, 9.17) is 0 Å². The number of benzene rings is 1. The van der Waals surface area contributed by atoms with E-state index < -0.39 is 48.2 Å². The number of ether oxygens (including phenoxy) is 2. The van der Waals surface area contributed by atoms with Gasteiger partial charge in [0, 0.05) is 11.4 Å². The summed E-state index contributed by atoms with van der Waals surface area (Å²) in [6.45, 7) is 7.37. The number of hydrogen-bond donors (Lipinski definition) is 5. The second-order valence-electron chi connectivity index (χ2n) is 10.5. The van der Waals surface area contributed by atoms with Gasteiger partial charge in [-0.1, -0.05) is 64.1 Å². The Morgan fingerprint density at radius 2 is 1.40 bits per heavy atom. The van der Waals surface area contributed by atoms with Crippen molar-refractivity contribution in [1.82, 2.24) is 26.4 Å². The molecule has 0 aliphatic heterocycles. The molecule has 2 rings (SSSR count). The van der Waals surface area contributed by atoms with Crippen LogP contribution in [0.2, 0.25) is 0 Å². The standard InChI is InChI=1S/C29H43N5O7S/c1-18(2)24(31-28(38)40-5)26(36)30-22(15-20-11-8-7-9-12-20)23(35)17-34(16-21-13-10-14-42-21)33-27(37)25(19(3)4)32-29(39)41-6/h7-14,18-19,22-25,35H,15-17H2,1-6H3,(H,30,36)(H,31,38)(H,32,39)(H,33,37)/t22?,23?,24-,25-/m0/s1. The van der Waals surface area contributed by atoms with Crippen LogP contribution in [-0.2, 0) is 32.0 Å². The van der Waals surface area contributed by atoms with Crippen LogP contribution in [-0.4, -0.2) is 79.1 Å². The van der Waals surface area contributed by atoms with Crippen LogP contribution in [0.1, 0.15) is 38.1 Å². The minimum absolute atomic E-state index is 0.0543. The van der Waals surface area contributed by atoms with Crippen LogP contribution < -0.4 is 21.4 Å². The minimum Gasteiger partial charge on any atom is -0.453 e. The van der Waals surface area contributed by atoms with Crippen LogP contribution >= 0.6 is 11.3 Å². The number of carbonyl (C=O) groups is 4. The molecule has 2 aromatic rings. The highest BCUT2D eigenvalue weighted by Gasteiger charge is 2.32. The first kappa shape index (κ1) is 34.5. The van der Waals surface area contributed by atoms with Crippen molar-refractivity contribution in [1.29, 1.82) is 0 Å². The summed E-state index contributed by atoms with van der Waals surface area (Å²) < 4.78 is 9.35. The molecule has 4 atom stereocenters. The van der Waals surface area contributed by atoms with E-state index in [1.807, 2.05) is 47.8 Å². The lowest BCUT2D eigenvalue weighted by Crippen LogP contribution is -2.59. The number of nitrogens with zero attached hydrogens (tertiary/aromatic N) is 1. The molecule has 1 aromatic carbocycles. The maximum absolute atomic E-state index is 13.3. The number of rotatable bonds is 15. The molecule has 2 unspecified atom stereocenters. The third kappa shape index (κ3) is 11.3. The molecule has 5 N–H and O–H groups in total. The van der Waals surface area contributed by atoms with E-state index in [0.29, 0.717) is 0 Å². The summed E-state index contributed by atoms with van der Waals surface area (Å²) in [5.41, 5.74) is 3.70. The van der Waals surface area contributed by atoms with Crippen molar-refractivity contribution in [2.75, 3.05) is 20.8 Å². The molecule has 0 bridgehead atoms. The van der Waals surface area contributed by atoms with Gasteiger partial charge in [-0.15, -0.1) is 11.3 Å². The number of methoxy groups -OCH3 is 2. The average molecular weight is 606 g/mol. The molecule has 42 heavy (non-hydrogen) atoms. The van der Waals surface area contributed by atoms with Crippen LogP contribution in [0.4, 0.5) is 9.59 Å². The fourth-order valence-corrected chi connectivity index (χ4v) is 4.90. The maximum Gasteiger partial charge on any atom is 0.407 e. The first-order valence-corrected chi connectivity index (χ1v) is 14.6. The number of hydrazine groups is 1. The van der Waals surface area contributed by atoms with Crippen molar-refractivity contribution in [2.24, 2.45) is 11.8 Å². The van der Waals surface area contributed by atoms with Gasteiger partial charge in [0.25, 0.3) is 5.91 Å². The van der Waals surface area contributed by atoms with Gasteiger partial charge < -0.3 is 30.5 Å². The smallest absolute Gasteiger partial charge is 0.407 e. The largest absolute Gasteiger partial charge is 0.453 e. The SMILES string of the molecule is COC(=O)N[C@H](C(=O)NC(Cc1ccccc1)C(O)CN(Cc1cccs1)NC(=O)[C@@H](NC(=O)OC)C(C)C)C(C)C. The Labute approximate surface area is 251 Å². The Morgan fingerprint density at radius 3 is 1.90 bits per heavy atom. The highest BCUT2D eigenvalue weighted by Crippen LogP contribution is 2.15. The zero-order valence-corrected chi connectivity index (χ0v) is 25.8. The summed E-state index contributed by atoms with van der Waals surface area (Å²) in [6, 6.07) is 10.6. The van der Waals surface area contributed by atoms with Crippen molar-refractivity contribution in [2.45, 2.75) is 64.9 Å². The Kier molecular flexibility index (Phi) is 14.2. The van der Waals surface area contributed by atoms with Crippen LogP contribution in [0.25, 0.3) is 0 Å². The van der Waals surface area contributed by atoms with Gasteiger partial charge in [-0.05, 0) is 35.3 Å². The van der Waals surface area contributed by atoms with Gasteiger partial charge in [-0.3, -0.25) is 15.0 Å². The van der Waals surface area contributed by atoms with E-state index in [1.165, 1.54) is 25.6 Å². The van der Waals surface area contributed by atoms with Gasteiger partial charge in [-0.2, -0.15) is 0 Å². The number of alkyl carbamates (subject to hydrolysis) is 2. The van der Waals surface area contributed by atoms with Crippen LogP contribution in [0.15, 0.2) is 47.8 Å². The number of amides is 4. The molecule has 13 heteroatoms. The van der Waals surface area contributed by atoms with Crippen molar-refractivity contribution in [3.05, 3.63) is 58.3 Å². The molecule has 1 aromatic heterocycles. The van der Waals surface area contributed by atoms with E-state index in [0.717, 1.165) is 10.4 Å². The normalized spacial score (nSPS) is 14.0. The number of carbonyl (C=O) groups excluding carboxylic acids is 4. The minimum atomic E-state index is -1.15. The van der Waals surface area contributed by atoms with Gasteiger partial charge in [-0.25, -0.2) is 14.6 Å². The third-order valence-corrected chi connectivity index (χ3v) is 7.37. The van der Waals surface area contributed by atoms with E-state index in [1.54, 1.807) is 32.7 Å². The number of aliphatic hydroxyl groups excluding tert-OH is 1. The first-order chi connectivity index (χ1) is 19.9. The Balaban J connectivity index is 2.31. The fourth-order valence-electron chi connectivity index (χ4n) is 4.18. The fraction of sp³-hybridized carbons (Fsp3) is 0.517. The average Bonchev–Trinajstić information content (AvgIpc) is 3.46. The van der Waals surface area contributed by atoms with E-state index in [-0.39, 0.29) is 31.3 Å². The molecule has 0 spiro atoms. The van der Waals surface area contributed by atoms with Gasteiger partial charge in [0.05, 0.1) is 32.9 Å². The lowest BCUT2D eigenvalue weighted by Gasteiger charge is -2.33. The van der Waals surface area contributed by atoms with Gasteiger partial charge in [0.2, 0.25) is 5.91 Å². The summed E-state index contributed by atoms with van der Waals surface area (Å²) in [5, 5.41) is 23.0. The summed E-state index contributed by atoms with van der Waals surface area (Å²) >= 11 is 1.48. The molecule has 0 fully saturated rings. The molecular weight excluding hydrogens is 562 g/mol. The van der Waals surface area contributed by atoms with Crippen molar-refractivity contribution in [3.63, 3.8) is 0 Å². The molecule has 1 heterocycles. The van der Waals surface area contributed by atoms with E-state index in [2.05, 4.69) is 30.8 Å². The lowest BCUT2D eigenvalue weighted by atomic mass is 9.98.